The van der Waals surface area contributed by atoms with E-state index in [1.807, 2.05) is 31.3 Å². The van der Waals surface area contributed by atoms with Crippen LogP contribution in [0.3, 0.4) is 0 Å². The number of nitrogens with zero attached hydrogens (tertiary/aromatic N) is 5. The minimum atomic E-state index is 0.146. The van der Waals surface area contributed by atoms with Crippen LogP contribution in [0, 0.1) is 6.92 Å². The number of morpholine rings is 1. The van der Waals surface area contributed by atoms with Crippen LogP contribution in [0.2, 0.25) is 0 Å². The van der Waals surface area contributed by atoms with Gasteiger partial charge in [-0.3, -0.25) is 4.98 Å². The van der Waals surface area contributed by atoms with Crippen molar-refractivity contribution in [3.8, 4) is 5.88 Å². The Morgan fingerprint density at radius 1 is 1.03 bits per heavy atom. The van der Waals surface area contributed by atoms with Crippen molar-refractivity contribution in [1.82, 2.24) is 19.9 Å². The van der Waals surface area contributed by atoms with Gasteiger partial charge < -0.3 is 19.7 Å². The zero-order chi connectivity index (χ0) is 21.0. The first-order valence-corrected chi connectivity index (χ1v) is 11.1. The van der Waals surface area contributed by atoms with E-state index < -0.39 is 0 Å². The second kappa shape index (κ2) is 9.01. The van der Waals surface area contributed by atoms with E-state index in [4.69, 9.17) is 14.5 Å². The highest BCUT2D eigenvalue weighted by Gasteiger charge is 2.25. The van der Waals surface area contributed by atoms with Crippen LogP contribution in [0.15, 0.2) is 36.7 Å². The van der Waals surface area contributed by atoms with Crippen molar-refractivity contribution in [2.45, 2.75) is 44.8 Å². The molecule has 0 radical (unpaired) electrons. The molecule has 0 amide bonds. The van der Waals surface area contributed by atoms with Crippen molar-refractivity contribution in [2.24, 2.45) is 0 Å². The summed E-state index contributed by atoms with van der Waals surface area (Å²) in [6, 6.07) is 8.31. The fourth-order valence-electron chi connectivity index (χ4n) is 4.26. The van der Waals surface area contributed by atoms with Gasteiger partial charge in [0.05, 0.1) is 24.1 Å². The van der Waals surface area contributed by atoms with Crippen molar-refractivity contribution in [3.05, 3.63) is 42.4 Å². The number of aromatic nitrogens is 4. The number of hydrogen-bond donors (Lipinski definition) is 1. The zero-order valence-electron chi connectivity index (χ0n) is 17.8. The second-order valence-corrected chi connectivity index (χ2v) is 8.21. The maximum absolute atomic E-state index is 6.45. The van der Waals surface area contributed by atoms with Crippen molar-refractivity contribution in [2.75, 3.05) is 36.5 Å². The lowest BCUT2D eigenvalue weighted by Gasteiger charge is -2.31. The van der Waals surface area contributed by atoms with Gasteiger partial charge in [-0.05, 0) is 50.8 Å². The average Bonchev–Trinajstić information content (AvgIpc) is 2.81. The molecule has 1 saturated carbocycles. The van der Waals surface area contributed by atoms with Gasteiger partial charge in [0.2, 0.25) is 11.8 Å². The summed E-state index contributed by atoms with van der Waals surface area (Å²) in [7, 11) is 0. The number of anilines is 2. The first kappa shape index (κ1) is 19.9. The minimum Gasteiger partial charge on any atom is -0.474 e. The van der Waals surface area contributed by atoms with Gasteiger partial charge in [-0.15, -0.1) is 0 Å². The van der Waals surface area contributed by atoms with E-state index in [1.165, 1.54) is 0 Å². The van der Waals surface area contributed by atoms with Gasteiger partial charge in [0.25, 0.3) is 0 Å². The molecule has 31 heavy (non-hydrogen) atoms. The Morgan fingerprint density at radius 3 is 2.68 bits per heavy atom. The largest absolute Gasteiger partial charge is 0.474 e. The highest BCUT2D eigenvalue weighted by Crippen LogP contribution is 2.31. The van der Waals surface area contributed by atoms with Gasteiger partial charge in [-0.2, -0.15) is 4.98 Å². The smallest absolute Gasteiger partial charge is 0.225 e. The van der Waals surface area contributed by atoms with Crippen molar-refractivity contribution < 1.29 is 9.47 Å². The third-order valence-corrected chi connectivity index (χ3v) is 5.97. The van der Waals surface area contributed by atoms with E-state index in [0.717, 1.165) is 74.4 Å². The fourth-order valence-corrected chi connectivity index (χ4v) is 4.26. The molecule has 5 rings (SSSR count). The van der Waals surface area contributed by atoms with Crippen molar-refractivity contribution in [3.63, 3.8) is 0 Å². The molecule has 8 heteroatoms. The predicted molar refractivity (Wildman–Crippen MR) is 120 cm³/mol. The molecule has 1 aliphatic heterocycles. The van der Waals surface area contributed by atoms with Crippen LogP contribution in [0.1, 0.15) is 31.4 Å². The Kier molecular flexibility index (Phi) is 5.80. The second-order valence-electron chi connectivity index (χ2n) is 8.21. The standard InChI is InChI=1S/C23H28N6O2/c1-16-8-10-25-23(26-16)27-17-4-6-18(7-5-17)31-22-19-3-2-9-24-20(19)15-21(28-22)29-11-13-30-14-12-29/h2-3,8-10,15,17-18H,4-7,11-14H2,1H3,(H,25,26,27). The molecule has 1 saturated heterocycles. The predicted octanol–water partition coefficient (Wildman–Crippen LogP) is 3.37. The molecular weight excluding hydrogens is 392 g/mol. The number of hydrogen-bond acceptors (Lipinski definition) is 8. The summed E-state index contributed by atoms with van der Waals surface area (Å²) in [5.74, 6) is 2.31. The molecule has 3 aromatic rings. The summed E-state index contributed by atoms with van der Waals surface area (Å²) in [4.78, 5) is 20.5. The maximum Gasteiger partial charge on any atom is 0.225 e. The number of aryl methyl sites for hydroxylation is 1. The van der Waals surface area contributed by atoms with Crippen LogP contribution in [0.25, 0.3) is 10.9 Å². The molecule has 162 valence electrons. The molecule has 4 heterocycles. The quantitative estimate of drug-likeness (QED) is 0.673. The van der Waals surface area contributed by atoms with E-state index in [2.05, 4.69) is 31.2 Å². The lowest BCUT2D eigenvalue weighted by molar-refractivity contribution is 0.122. The van der Waals surface area contributed by atoms with Crippen molar-refractivity contribution >= 4 is 22.7 Å². The van der Waals surface area contributed by atoms with E-state index in [9.17, 15) is 0 Å². The molecule has 0 spiro atoms. The summed E-state index contributed by atoms with van der Waals surface area (Å²) in [5, 5.41) is 4.43. The summed E-state index contributed by atoms with van der Waals surface area (Å²) in [6.07, 6.45) is 7.73. The van der Waals surface area contributed by atoms with Crippen molar-refractivity contribution in [1.29, 1.82) is 0 Å². The molecule has 1 aliphatic carbocycles. The molecule has 3 aromatic heterocycles. The van der Waals surface area contributed by atoms with Crippen LogP contribution in [-0.2, 0) is 4.74 Å². The van der Waals surface area contributed by atoms with Crippen LogP contribution in [0.5, 0.6) is 5.88 Å². The summed E-state index contributed by atoms with van der Waals surface area (Å²) < 4.78 is 11.9. The molecular formula is C23H28N6O2. The normalized spacial score (nSPS) is 21.8. The maximum atomic E-state index is 6.45. The number of ether oxygens (including phenoxy) is 2. The lowest BCUT2D eigenvalue weighted by atomic mass is 9.93. The molecule has 1 N–H and O–H groups in total. The topological polar surface area (TPSA) is 85.3 Å². The van der Waals surface area contributed by atoms with E-state index in [1.54, 1.807) is 6.20 Å². The number of nitrogens with one attached hydrogen (secondary N) is 1. The molecule has 0 atom stereocenters. The first-order chi connectivity index (χ1) is 15.2. The number of fused-ring (bicyclic) bond motifs is 1. The SMILES string of the molecule is Cc1ccnc(NC2CCC(Oc3nc(N4CCOCC4)cc4ncccc34)CC2)n1. The van der Waals surface area contributed by atoms with E-state index in [-0.39, 0.29) is 6.10 Å². The van der Waals surface area contributed by atoms with Gasteiger partial charge in [0, 0.05) is 43.3 Å². The highest BCUT2D eigenvalue weighted by molar-refractivity contribution is 5.85. The molecule has 2 aliphatic rings. The third kappa shape index (κ3) is 4.69. The van der Waals surface area contributed by atoms with Gasteiger partial charge in [-0.1, -0.05) is 0 Å². The summed E-state index contributed by atoms with van der Waals surface area (Å²) in [5.41, 5.74) is 1.89. The minimum absolute atomic E-state index is 0.146. The van der Waals surface area contributed by atoms with Gasteiger partial charge in [-0.25, -0.2) is 9.97 Å². The van der Waals surface area contributed by atoms with Gasteiger partial charge in [0.1, 0.15) is 11.9 Å². The Hall–Kier alpha value is -3.00. The molecule has 2 fully saturated rings. The summed E-state index contributed by atoms with van der Waals surface area (Å²) in [6.45, 7) is 5.10. The molecule has 0 aromatic carbocycles. The van der Waals surface area contributed by atoms with E-state index >= 15 is 0 Å². The first-order valence-electron chi connectivity index (χ1n) is 11.1. The number of rotatable bonds is 5. The fraction of sp³-hybridized carbons (Fsp3) is 0.478. The van der Waals surface area contributed by atoms with Gasteiger partial charge >= 0.3 is 0 Å². The Labute approximate surface area is 182 Å². The average molecular weight is 421 g/mol. The van der Waals surface area contributed by atoms with Gasteiger partial charge in [0.15, 0.2) is 0 Å². The van der Waals surface area contributed by atoms with E-state index in [0.29, 0.717) is 17.9 Å². The lowest BCUT2D eigenvalue weighted by Crippen LogP contribution is -2.37. The van der Waals surface area contributed by atoms with Crippen LogP contribution in [0.4, 0.5) is 11.8 Å². The van der Waals surface area contributed by atoms with Crippen LogP contribution in [-0.4, -0.2) is 58.4 Å². The number of pyridine rings is 2. The monoisotopic (exact) mass is 420 g/mol. The van der Waals surface area contributed by atoms with Crippen LogP contribution >= 0.6 is 0 Å². The molecule has 0 bridgehead atoms. The Bertz CT molecular complexity index is 1030. The summed E-state index contributed by atoms with van der Waals surface area (Å²) >= 11 is 0. The highest BCUT2D eigenvalue weighted by atomic mass is 16.5. The Morgan fingerprint density at radius 2 is 1.87 bits per heavy atom. The molecule has 8 nitrogen and oxygen atoms in total. The molecule has 0 unspecified atom stereocenters. The zero-order valence-corrected chi connectivity index (χ0v) is 17.8. The van der Waals surface area contributed by atoms with Crippen LogP contribution < -0.4 is 15.0 Å². The Balaban J connectivity index is 1.28. The third-order valence-electron chi connectivity index (χ3n) is 5.97.